The van der Waals surface area contributed by atoms with E-state index in [1.165, 1.54) is 5.56 Å². The lowest BCUT2D eigenvalue weighted by atomic mass is 10.1. The Morgan fingerprint density at radius 3 is 2.14 bits per heavy atom. The van der Waals surface area contributed by atoms with E-state index < -0.39 is 5.97 Å². The Morgan fingerprint density at radius 1 is 0.862 bits per heavy atom. The number of benzene rings is 3. The molecule has 0 unspecified atom stereocenters. The van der Waals surface area contributed by atoms with Gasteiger partial charge in [-0.25, -0.2) is 4.79 Å². The second-order valence-electron chi connectivity index (χ2n) is 6.87. The standard InChI is InChI=1S/C24H25NO4/c1-17-3-5-19(6-4-17)16-29-22-12-9-20(13-23(22)28-2)15-25-14-18-7-10-21(11-8-18)24(26)27/h3-13,25H,14-16H2,1-2H3,(H,26,27). The maximum Gasteiger partial charge on any atom is 0.335 e. The van der Waals surface area contributed by atoms with Crippen LogP contribution in [0.15, 0.2) is 66.7 Å². The van der Waals surface area contributed by atoms with Crippen LogP contribution in [0.1, 0.15) is 32.6 Å². The molecule has 0 amide bonds. The number of ether oxygens (including phenoxy) is 2. The number of nitrogens with one attached hydrogen (secondary N) is 1. The average Bonchev–Trinajstić information content (AvgIpc) is 2.74. The first-order valence-electron chi connectivity index (χ1n) is 9.43. The fraction of sp³-hybridized carbons (Fsp3) is 0.208. The molecule has 5 heteroatoms. The molecule has 150 valence electrons. The highest BCUT2D eigenvalue weighted by atomic mass is 16.5. The zero-order valence-electron chi connectivity index (χ0n) is 16.6. The van der Waals surface area contributed by atoms with Crippen LogP contribution >= 0.6 is 0 Å². The molecule has 0 aliphatic carbocycles. The van der Waals surface area contributed by atoms with Gasteiger partial charge in [0.1, 0.15) is 6.61 Å². The van der Waals surface area contributed by atoms with Gasteiger partial charge in [-0.1, -0.05) is 48.0 Å². The third-order valence-corrected chi connectivity index (χ3v) is 4.60. The van der Waals surface area contributed by atoms with Gasteiger partial charge in [0.05, 0.1) is 12.7 Å². The number of aryl methyl sites for hydroxylation is 1. The molecule has 0 atom stereocenters. The van der Waals surface area contributed by atoms with Gasteiger partial charge in [-0.3, -0.25) is 0 Å². The van der Waals surface area contributed by atoms with E-state index in [1.807, 2.05) is 30.3 Å². The lowest BCUT2D eigenvalue weighted by Crippen LogP contribution is -2.13. The van der Waals surface area contributed by atoms with Crippen LogP contribution in [-0.2, 0) is 19.7 Å². The van der Waals surface area contributed by atoms with Crippen LogP contribution in [0.5, 0.6) is 11.5 Å². The number of hydrogen-bond acceptors (Lipinski definition) is 4. The van der Waals surface area contributed by atoms with Crippen molar-refractivity contribution in [3.63, 3.8) is 0 Å². The normalized spacial score (nSPS) is 10.6. The maximum atomic E-state index is 10.9. The van der Waals surface area contributed by atoms with E-state index >= 15 is 0 Å². The molecule has 0 saturated carbocycles. The second-order valence-corrected chi connectivity index (χ2v) is 6.87. The van der Waals surface area contributed by atoms with Crippen molar-refractivity contribution in [2.75, 3.05) is 7.11 Å². The Bertz CT molecular complexity index is 950. The summed E-state index contributed by atoms with van der Waals surface area (Å²) in [5, 5.41) is 12.3. The lowest BCUT2D eigenvalue weighted by Gasteiger charge is -2.13. The lowest BCUT2D eigenvalue weighted by molar-refractivity contribution is 0.0697. The Labute approximate surface area is 170 Å². The number of carboxylic acids is 1. The Morgan fingerprint density at radius 2 is 1.48 bits per heavy atom. The molecule has 0 bridgehead atoms. The van der Waals surface area contributed by atoms with Crippen molar-refractivity contribution in [2.45, 2.75) is 26.6 Å². The van der Waals surface area contributed by atoms with Gasteiger partial charge in [-0.15, -0.1) is 0 Å². The molecule has 0 heterocycles. The first-order chi connectivity index (χ1) is 14.0. The van der Waals surface area contributed by atoms with Crippen LogP contribution < -0.4 is 14.8 Å². The summed E-state index contributed by atoms with van der Waals surface area (Å²) in [7, 11) is 1.63. The smallest absolute Gasteiger partial charge is 0.335 e. The molecule has 3 rings (SSSR count). The number of methoxy groups -OCH3 is 1. The van der Waals surface area contributed by atoms with Crippen molar-refractivity contribution in [3.8, 4) is 11.5 Å². The van der Waals surface area contributed by atoms with E-state index in [1.54, 1.807) is 19.2 Å². The van der Waals surface area contributed by atoms with E-state index in [9.17, 15) is 4.79 Å². The third kappa shape index (κ3) is 5.83. The number of carboxylic acid groups (broad SMARTS) is 1. The first-order valence-corrected chi connectivity index (χ1v) is 9.43. The first kappa shape index (κ1) is 20.4. The Balaban J connectivity index is 1.55. The minimum Gasteiger partial charge on any atom is -0.493 e. The van der Waals surface area contributed by atoms with E-state index in [2.05, 4.69) is 36.5 Å². The minimum atomic E-state index is -0.915. The summed E-state index contributed by atoms with van der Waals surface area (Å²) < 4.78 is 11.4. The molecule has 29 heavy (non-hydrogen) atoms. The highest BCUT2D eigenvalue weighted by Crippen LogP contribution is 2.29. The summed E-state index contributed by atoms with van der Waals surface area (Å²) in [5.41, 5.74) is 4.73. The maximum absolute atomic E-state index is 10.9. The summed E-state index contributed by atoms with van der Waals surface area (Å²) >= 11 is 0. The van der Waals surface area contributed by atoms with Crippen LogP contribution in [0.2, 0.25) is 0 Å². The topological polar surface area (TPSA) is 67.8 Å². The molecule has 0 spiro atoms. The van der Waals surface area contributed by atoms with Crippen molar-refractivity contribution < 1.29 is 19.4 Å². The molecule has 3 aromatic rings. The van der Waals surface area contributed by atoms with Crippen molar-refractivity contribution in [1.29, 1.82) is 0 Å². The predicted octanol–water partition coefficient (Wildman–Crippen LogP) is 4.57. The molecule has 0 saturated heterocycles. The average molecular weight is 391 g/mol. The second kappa shape index (κ2) is 9.75. The van der Waals surface area contributed by atoms with Crippen LogP contribution in [0.3, 0.4) is 0 Å². The van der Waals surface area contributed by atoms with Crippen LogP contribution in [0, 0.1) is 6.92 Å². The van der Waals surface area contributed by atoms with Gasteiger partial charge in [0.2, 0.25) is 0 Å². The molecule has 0 fully saturated rings. The molecule has 5 nitrogen and oxygen atoms in total. The van der Waals surface area contributed by atoms with Crippen LogP contribution in [0.25, 0.3) is 0 Å². The van der Waals surface area contributed by atoms with Gasteiger partial charge in [-0.05, 0) is 47.9 Å². The van der Waals surface area contributed by atoms with E-state index in [4.69, 9.17) is 14.6 Å². The molecular formula is C24H25NO4. The highest BCUT2D eigenvalue weighted by Gasteiger charge is 2.07. The number of aromatic carboxylic acids is 1. The molecule has 0 aliphatic rings. The SMILES string of the molecule is COc1cc(CNCc2ccc(C(=O)O)cc2)ccc1OCc1ccc(C)cc1. The number of hydrogen-bond donors (Lipinski definition) is 2. The number of carbonyl (C=O) groups is 1. The third-order valence-electron chi connectivity index (χ3n) is 4.60. The summed E-state index contributed by atoms with van der Waals surface area (Å²) in [6.45, 7) is 3.86. The molecule has 0 aromatic heterocycles. The summed E-state index contributed by atoms with van der Waals surface area (Å²) in [6.07, 6.45) is 0. The van der Waals surface area contributed by atoms with E-state index in [0.717, 1.165) is 16.7 Å². The fourth-order valence-corrected chi connectivity index (χ4v) is 2.90. The minimum absolute atomic E-state index is 0.291. The quantitative estimate of drug-likeness (QED) is 0.559. The highest BCUT2D eigenvalue weighted by molar-refractivity contribution is 5.87. The predicted molar refractivity (Wildman–Crippen MR) is 112 cm³/mol. The monoisotopic (exact) mass is 391 g/mol. The van der Waals surface area contributed by atoms with Crippen LogP contribution in [0.4, 0.5) is 0 Å². The molecular weight excluding hydrogens is 366 g/mol. The summed E-state index contributed by atoms with van der Waals surface area (Å²) in [6, 6.07) is 21.0. The Kier molecular flexibility index (Phi) is 6.87. The van der Waals surface area contributed by atoms with E-state index in [-0.39, 0.29) is 0 Å². The molecule has 0 radical (unpaired) electrons. The molecule has 0 aliphatic heterocycles. The summed E-state index contributed by atoms with van der Waals surface area (Å²) in [5.74, 6) is 0.490. The van der Waals surface area contributed by atoms with Crippen molar-refractivity contribution >= 4 is 5.97 Å². The fourth-order valence-electron chi connectivity index (χ4n) is 2.90. The van der Waals surface area contributed by atoms with Crippen LogP contribution in [-0.4, -0.2) is 18.2 Å². The van der Waals surface area contributed by atoms with E-state index in [0.29, 0.717) is 36.8 Å². The van der Waals surface area contributed by atoms with Crippen molar-refractivity contribution in [1.82, 2.24) is 5.32 Å². The van der Waals surface area contributed by atoms with Gasteiger partial charge in [-0.2, -0.15) is 0 Å². The largest absolute Gasteiger partial charge is 0.493 e. The van der Waals surface area contributed by atoms with Gasteiger partial charge in [0.15, 0.2) is 11.5 Å². The van der Waals surface area contributed by atoms with Gasteiger partial charge < -0.3 is 19.9 Å². The van der Waals surface area contributed by atoms with Crippen molar-refractivity contribution in [2.24, 2.45) is 0 Å². The zero-order valence-corrected chi connectivity index (χ0v) is 16.6. The molecule has 3 aromatic carbocycles. The number of rotatable bonds is 9. The van der Waals surface area contributed by atoms with Crippen molar-refractivity contribution in [3.05, 3.63) is 94.5 Å². The molecule has 2 N–H and O–H groups in total. The zero-order chi connectivity index (χ0) is 20.6. The van der Waals surface area contributed by atoms with Gasteiger partial charge >= 0.3 is 5.97 Å². The van der Waals surface area contributed by atoms with Gasteiger partial charge in [0, 0.05) is 13.1 Å². The Hall–Kier alpha value is -3.31. The summed E-state index contributed by atoms with van der Waals surface area (Å²) in [4.78, 5) is 10.9. The van der Waals surface area contributed by atoms with Gasteiger partial charge in [0.25, 0.3) is 0 Å².